The summed E-state index contributed by atoms with van der Waals surface area (Å²) in [5, 5.41) is 0.269. The summed E-state index contributed by atoms with van der Waals surface area (Å²) < 4.78 is 43.1. The molecule has 90 valence electrons. The summed E-state index contributed by atoms with van der Waals surface area (Å²) in [7, 11) is 0.988. The van der Waals surface area contributed by atoms with E-state index in [-0.39, 0.29) is 15.6 Å². The van der Waals surface area contributed by atoms with Gasteiger partial charge in [0, 0.05) is 17.2 Å². The van der Waals surface area contributed by atoms with E-state index in [1.54, 1.807) is 0 Å². The van der Waals surface area contributed by atoms with E-state index in [2.05, 4.69) is 4.74 Å². The fourth-order valence-electron chi connectivity index (χ4n) is 1.23. The Morgan fingerprint density at radius 3 is 1.81 bits per heavy atom. The van der Waals surface area contributed by atoms with Crippen LogP contribution in [0.2, 0.25) is 10.0 Å². The Kier molecular flexibility index (Phi) is 3.77. The van der Waals surface area contributed by atoms with Gasteiger partial charge in [0.25, 0.3) is 0 Å². The Bertz CT molecular complexity index is 372. The van der Waals surface area contributed by atoms with E-state index in [9.17, 15) is 13.2 Å². The van der Waals surface area contributed by atoms with E-state index in [1.165, 1.54) is 18.2 Å². The van der Waals surface area contributed by atoms with Crippen LogP contribution in [-0.4, -0.2) is 13.3 Å². The molecule has 1 atom stereocenters. The van der Waals surface area contributed by atoms with E-state index >= 15 is 0 Å². The molecule has 0 heterocycles. The molecule has 0 bridgehead atoms. The summed E-state index contributed by atoms with van der Waals surface area (Å²) in [4.78, 5) is 0. The fraction of sp³-hybridized carbons (Fsp3) is 0.400. The van der Waals surface area contributed by atoms with Crippen LogP contribution in [0.5, 0.6) is 0 Å². The van der Waals surface area contributed by atoms with Crippen LogP contribution in [0, 0.1) is 0 Å². The van der Waals surface area contributed by atoms with Crippen LogP contribution in [-0.2, 0) is 10.3 Å². The third-order valence-corrected chi connectivity index (χ3v) is 2.80. The predicted molar refractivity (Wildman–Crippen MR) is 56.9 cm³/mol. The van der Waals surface area contributed by atoms with Gasteiger partial charge in [0.2, 0.25) is 0 Å². The minimum atomic E-state index is -4.55. The van der Waals surface area contributed by atoms with Gasteiger partial charge in [0.05, 0.1) is 0 Å². The molecule has 0 fully saturated rings. The van der Waals surface area contributed by atoms with Crippen LogP contribution >= 0.6 is 23.2 Å². The molecule has 1 rings (SSSR count). The molecule has 16 heavy (non-hydrogen) atoms. The van der Waals surface area contributed by atoms with Crippen molar-refractivity contribution in [3.05, 3.63) is 33.8 Å². The molecule has 1 aromatic rings. The van der Waals surface area contributed by atoms with Gasteiger partial charge >= 0.3 is 6.18 Å². The summed E-state index contributed by atoms with van der Waals surface area (Å²) in [6.07, 6.45) is -4.55. The first kappa shape index (κ1) is 13.6. The zero-order valence-electron chi connectivity index (χ0n) is 8.53. The second-order valence-electron chi connectivity index (χ2n) is 3.39. The lowest BCUT2D eigenvalue weighted by Crippen LogP contribution is -2.41. The molecule has 0 aliphatic carbocycles. The lowest BCUT2D eigenvalue weighted by molar-refractivity contribution is -0.269. The minimum absolute atomic E-state index is 0.125. The van der Waals surface area contributed by atoms with E-state index in [0.29, 0.717) is 0 Å². The first-order valence-electron chi connectivity index (χ1n) is 4.29. The molecule has 0 aromatic heterocycles. The quantitative estimate of drug-likeness (QED) is 0.775. The molecule has 0 saturated carbocycles. The number of methoxy groups -OCH3 is 1. The van der Waals surface area contributed by atoms with Crippen molar-refractivity contribution < 1.29 is 17.9 Å². The number of rotatable bonds is 2. The zero-order chi connectivity index (χ0) is 12.6. The maximum absolute atomic E-state index is 12.8. The van der Waals surface area contributed by atoms with Crippen LogP contribution in [0.25, 0.3) is 0 Å². The predicted octanol–water partition coefficient (Wildman–Crippen LogP) is 4.42. The number of ether oxygens (including phenoxy) is 1. The van der Waals surface area contributed by atoms with Crippen molar-refractivity contribution in [2.45, 2.75) is 18.7 Å². The van der Waals surface area contributed by atoms with Crippen LogP contribution in [0.1, 0.15) is 12.5 Å². The molecular formula is C10H9Cl2F3O. The second-order valence-corrected chi connectivity index (χ2v) is 4.27. The van der Waals surface area contributed by atoms with Crippen LogP contribution in [0.15, 0.2) is 18.2 Å². The molecule has 1 aromatic carbocycles. The third-order valence-electron chi connectivity index (χ3n) is 2.36. The topological polar surface area (TPSA) is 9.23 Å². The molecular weight excluding hydrogens is 264 g/mol. The van der Waals surface area contributed by atoms with Crippen molar-refractivity contribution in [2.24, 2.45) is 0 Å². The number of hydrogen-bond acceptors (Lipinski definition) is 1. The maximum atomic E-state index is 12.8. The Hall–Kier alpha value is -0.450. The first-order chi connectivity index (χ1) is 7.20. The molecule has 0 N–H and O–H groups in total. The molecule has 0 aliphatic rings. The van der Waals surface area contributed by atoms with Crippen LogP contribution in [0.3, 0.4) is 0 Å². The monoisotopic (exact) mass is 272 g/mol. The first-order valence-corrected chi connectivity index (χ1v) is 5.05. The highest BCUT2D eigenvalue weighted by Gasteiger charge is 2.53. The molecule has 0 amide bonds. The summed E-state index contributed by atoms with van der Waals surface area (Å²) >= 11 is 11.3. The standard InChI is InChI=1S/C10H9Cl2F3O/c1-9(16-2,10(13,14)15)6-3-7(11)5-8(12)4-6/h3-5H,1-2H3. The number of halogens is 5. The SMILES string of the molecule is COC(C)(c1cc(Cl)cc(Cl)c1)C(F)(F)F. The van der Waals surface area contributed by atoms with Gasteiger partial charge in [0.15, 0.2) is 5.60 Å². The third kappa shape index (κ3) is 2.44. The molecule has 0 aliphatic heterocycles. The van der Waals surface area contributed by atoms with Gasteiger partial charge in [0.1, 0.15) is 0 Å². The highest BCUT2D eigenvalue weighted by atomic mass is 35.5. The molecule has 1 nitrogen and oxygen atoms in total. The lowest BCUT2D eigenvalue weighted by atomic mass is 9.95. The normalized spacial score (nSPS) is 15.9. The second kappa shape index (κ2) is 4.43. The van der Waals surface area contributed by atoms with E-state index in [4.69, 9.17) is 23.2 Å². The van der Waals surface area contributed by atoms with Crippen molar-refractivity contribution in [3.63, 3.8) is 0 Å². The van der Waals surface area contributed by atoms with E-state index < -0.39 is 11.8 Å². The van der Waals surface area contributed by atoms with Gasteiger partial charge in [-0.05, 0) is 30.7 Å². The fourth-order valence-corrected chi connectivity index (χ4v) is 1.75. The van der Waals surface area contributed by atoms with Crippen molar-refractivity contribution in [1.82, 2.24) is 0 Å². The molecule has 0 radical (unpaired) electrons. The number of alkyl halides is 3. The van der Waals surface area contributed by atoms with Gasteiger partial charge < -0.3 is 4.74 Å². The highest BCUT2D eigenvalue weighted by Crippen LogP contribution is 2.42. The highest BCUT2D eigenvalue weighted by molar-refractivity contribution is 6.34. The van der Waals surface area contributed by atoms with Gasteiger partial charge in [-0.1, -0.05) is 23.2 Å². The van der Waals surface area contributed by atoms with Crippen molar-refractivity contribution in [2.75, 3.05) is 7.11 Å². The van der Waals surface area contributed by atoms with Crippen LogP contribution in [0.4, 0.5) is 13.2 Å². The van der Waals surface area contributed by atoms with Crippen molar-refractivity contribution in [1.29, 1.82) is 0 Å². The molecule has 0 spiro atoms. The van der Waals surface area contributed by atoms with Crippen LogP contribution < -0.4 is 0 Å². The smallest absolute Gasteiger partial charge is 0.364 e. The molecule has 0 saturated heterocycles. The average Bonchev–Trinajstić information content (AvgIpc) is 2.13. The van der Waals surface area contributed by atoms with Crippen molar-refractivity contribution >= 4 is 23.2 Å². The summed E-state index contributed by atoms with van der Waals surface area (Å²) in [5.74, 6) is 0. The minimum Gasteiger partial charge on any atom is -0.364 e. The van der Waals surface area contributed by atoms with Gasteiger partial charge in [-0.25, -0.2) is 0 Å². The Morgan fingerprint density at radius 1 is 1.06 bits per heavy atom. The van der Waals surface area contributed by atoms with Crippen molar-refractivity contribution in [3.8, 4) is 0 Å². The van der Waals surface area contributed by atoms with Gasteiger partial charge in [-0.2, -0.15) is 13.2 Å². The molecule has 6 heteroatoms. The lowest BCUT2D eigenvalue weighted by Gasteiger charge is -2.31. The Balaban J connectivity index is 3.34. The average molecular weight is 273 g/mol. The molecule has 1 unspecified atom stereocenters. The van der Waals surface area contributed by atoms with E-state index in [0.717, 1.165) is 14.0 Å². The van der Waals surface area contributed by atoms with Gasteiger partial charge in [-0.15, -0.1) is 0 Å². The number of hydrogen-bond donors (Lipinski definition) is 0. The summed E-state index contributed by atoms with van der Waals surface area (Å²) in [5.41, 5.74) is -2.54. The maximum Gasteiger partial charge on any atom is 0.421 e. The Morgan fingerprint density at radius 2 is 1.50 bits per heavy atom. The zero-order valence-corrected chi connectivity index (χ0v) is 10.0. The summed E-state index contributed by atoms with van der Waals surface area (Å²) in [6, 6.07) is 3.73. The number of benzene rings is 1. The Labute approximate surface area is 101 Å². The largest absolute Gasteiger partial charge is 0.421 e. The summed E-state index contributed by atoms with van der Waals surface area (Å²) in [6.45, 7) is 0.926. The van der Waals surface area contributed by atoms with E-state index in [1.807, 2.05) is 0 Å². The van der Waals surface area contributed by atoms with Gasteiger partial charge in [-0.3, -0.25) is 0 Å².